The van der Waals surface area contributed by atoms with Gasteiger partial charge in [0.25, 0.3) is 5.91 Å². The summed E-state index contributed by atoms with van der Waals surface area (Å²) in [6.07, 6.45) is 6.46. The highest BCUT2D eigenvalue weighted by Crippen LogP contribution is 2.30. The van der Waals surface area contributed by atoms with Crippen molar-refractivity contribution < 1.29 is 4.79 Å². The van der Waals surface area contributed by atoms with Crippen LogP contribution in [0.25, 0.3) is 10.9 Å². The molecule has 1 amide bonds. The Kier molecular flexibility index (Phi) is 4.13. The third kappa shape index (κ3) is 3.05. The van der Waals surface area contributed by atoms with Crippen LogP contribution in [0.4, 0.5) is 5.69 Å². The van der Waals surface area contributed by atoms with Crippen molar-refractivity contribution in [3.63, 3.8) is 0 Å². The summed E-state index contributed by atoms with van der Waals surface area (Å²) in [4.78, 5) is 17.9. The molecule has 2 aromatic heterocycles. The van der Waals surface area contributed by atoms with E-state index >= 15 is 0 Å². The molecule has 1 aliphatic rings. The van der Waals surface area contributed by atoms with Gasteiger partial charge in [-0.3, -0.25) is 14.5 Å². The normalized spacial score (nSPS) is 12.9. The van der Waals surface area contributed by atoms with Crippen molar-refractivity contribution in [2.75, 3.05) is 5.32 Å². The van der Waals surface area contributed by atoms with Gasteiger partial charge in [-0.25, -0.2) is 0 Å². The summed E-state index contributed by atoms with van der Waals surface area (Å²) in [5.74, 6) is -0.0870. The summed E-state index contributed by atoms with van der Waals surface area (Å²) in [6.45, 7) is 0.671. The van der Waals surface area contributed by atoms with Gasteiger partial charge in [-0.05, 0) is 36.5 Å². The highest BCUT2D eigenvalue weighted by Gasteiger charge is 2.23. The number of anilines is 1. The van der Waals surface area contributed by atoms with Crippen molar-refractivity contribution in [1.29, 1.82) is 0 Å². The third-order valence-corrected chi connectivity index (χ3v) is 5.22. The molecule has 2 aromatic carbocycles. The molecule has 0 radical (unpaired) electrons. The Bertz CT molecular complexity index is 1160. The lowest BCUT2D eigenvalue weighted by atomic mass is 10.0. The molecule has 138 valence electrons. The van der Waals surface area contributed by atoms with E-state index in [-0.39, 0.29) is 5.91 Å². The fourth-order valence-corrected chi connectivity index (χ4v) is 3.95. The average Bonchev–Trinajstić information content (AvgIpc) is 3.35. The molecular weight excluding hydrogens is 348 g/mol. The van der Waals surface area contributed by atoms with Crippen LogP contribution in [0.1, 0.15) is 33.6 Å². The minimum Gasteiger partial charge on any atom is -0.319 e. The number of hydrogen-bond donors (Lipinski definition) is 1. The lowest BCUT2D eigenvalue weighted by molar-refractivity contribution is 0.102. The summed E-state index contributed by atoms with van der Waals surface area (Å²) in [7, 11) is 0. The fraction of sp³-hybridized carbons (Fsp3) is 0.174. The van der Waals surface area contributed by atoms with Gasteiger partial charge in [-0.1, -0.05) is 48.5 Å². The van der Waals surface area contributed by atoms with Crippen LogP contribution in [0.5, 0.6) is 0 Å². The van der Waals surface area contributed by atoms with Gasteiger partial charge in [0, 0.05) is 17.3 Å². The molecule has 4 aromatic rings. The molecule has 0 saturated carbocycles. The van der Waals surface area contributed by atoms with E-state index < -0.39 is 0 Å². The number of aryl methyl sites for hydroxylation is 1. The Labute approximate surface area is 163 Å². The molecule has 0 atom stereocenters. The SMILES string of the molecule is O=C(Nc1cnn(Cc2ccccc2)c1)c1c2c(nc3ccccc13)CCC2. The number of fused-ring (bicyclic) bond motifs is 2. The van der Waals surface area contributed by atoms with Crippen molar-refractivity contribution in [1.82, 2.24) is 14.8 Å². The number of amides is 1. The number of benzene rings is 2. The predicted molar refractivity (Wildman–Crippen MR) is 109 cm³/mol. The standard InChI is InChI=1S/C23H20N4O/c28-23(25-17-13-24-27(15-17)14-16-7-2-1-3-8-16)22-18-9-4-5-11-20(18)26-21-12-6-10-19(21)22/h1-5,7-9,11,13,15H,6,10,12,14H2,(H,25,28). The Balaban J connectivity index is 1.44. The fourth-order valence-electron chi connectivity index (χ4n) is 3.95. The summed E-state index contributed by atoms with van der Waals surface area (Å²) in [6, 6.07) is 18.0. The molecule has 0 saturated heterocycles. The van der Waals surface area contributed by atoms with E-state index in [1.54, 1.807) is 6.20 Å². The van der Waals surface area contributed by atoms with Crippen LogP contribution in [0, 0.1) is 0 Å². The minimum atomic E-state index is -0.0870. The molecule has 5 nitrogen and oxygen atoms in total. The van der Waals surface area contributed by atoms with E-state index in [9.17, 15) is 4.79 Å². The van der Waals surface area contributed by atoms with E-state index in [2.05, 4.69) is 22.5 Å². The van der Waals surface area contributed by atoms with Gasteiger partial charge >= 0.3 is 0 Å². The Hall–Kier alpha value is -3.47. The molecule has 0 aliphatic heterocycles. The number of pyridine rings is 1. The lowest BCUT2D eigenvalue weighted by Gasteiger charge is -2.12. The van der Waals surface area contributed by atoms with E-state index in [1.165, 1.54) is 5.56 Å². The van der Waals surface area contributed by atoms with Gasteiger partial charge < -0.3 is 5.32 Å². The second-order valence-electron chi connectivity index (χ2n) is 7.15. The van der Waals surface area contributed by atoms with Crippen LogP contribution in [0.15, 0.2) is 67.0 Å². The zero-order chi connectivity index (χ0) is 18.9. The van der Waals surface area contributed by atoms with Gasteiger partial charge in [0.2, 0.25) is 0 Å². The zero-order valence-electron chi connectivity index (χ0n) is 15.4. The summed E-state index contributed by atoms with van der Waals surface area (Å²) < 4.78 is 1.83. The number of nitrogens with zero attached hydrogens (tertiary/aromatic N) is 3. The van der Waals surface area contributed by atoms with Crippen molar-refractivity contribution in [2.24, 2.45) is 0 Å². The van der Waals surface area contributed by atoms with Crippen LogP contribution in [-0.4, -0.2) is 20.7 Å². The molecule has 0 fully saturated rings. The molecule has 5 rings (SSSR count). The quantitative estimate of drug-likeness (QED) is 0.587. The number of hydrogen-bond acceptors (Lipinski definition) is 3. The highest BCUT2D eigenvalue weighted by atomic mass is 16.1. The second kappa shape index (κ2) is 6.93. The first-order chi connectivity index (χ1) is 13.8. The van der Waals surface area contributed by atoms with Gasteiger partial charge in [0.05, 0.1) is 29.5 Å². The van der Waals surface area contributed by atoms with Crippen LogP contribution < -0.4 is 5.32 Å². The second-order valence-corrected chi connectivity index (χ2v) is 7.15. The Morgan fingerprint density at radius 3 is 2.75 bits per heavy atom. The molecule has 28 heavy (non-hydrogen) atoms. The van der Waals surface area contributed by atoms with Gasteiger partial charge in [0.15, 0.2) is 0 Å². The molecule has 0 bridgehead atoms. The van der Waals surface area contributed by atoms with Crippen LogP contribution in [0.3, 0.4) is 0 Å². The first kappa shape index (κ1) is 16.7. The van der Waals surface area contributed by atoms with Gasteiger partial charge in [-0.15, -0.1) is 0 Å². The number of aromatic nitrogens is 3. The van der Waals surface area contributed by atoms with Crippen molar-refractivity contribution >= 4 is 22.5 Å². The van der Waals surface area contributed by atoms with Crippen LogP contribution >= 0.6 is 0 Å². The van der Waals surface area contributed by atoms with Crippen LogP contribution in [0.2, 0.25) is 0 Å². The largest absolute Gasteiger partial charge is 0.319 e. The van der Waals surface area contributed by atoms with E-state index in [4.69, 9.17) is 4.98 Å². The Morgan fingerprint density at radius 2 is 1.86 bits per heavy atom. The van der Waals surface area contributed by atoms with Crippen molar-refractivity contribution in [2.45, 2.75) is 25.8 Å². The minimum absolute atomic E-state index is 0.0870. The first-order valence-electron chi connectivity index (χ1n) is 9.56. The monoisotopic (exact) mass is 368 g/mol. The first-order valence-corrected chi connectivity index (χ1v) is 9.56. The third-order valence-electron chi connectivity index (χ3n) is 5.22. The van der Waals surface area contributed by atoms with E-state index in [0.29, 0.717) is 12.2 Å². The number of para-hydroxylation sites is 1. The molecule has 1 N–H and O–H groups in total. The summed E-state index contributed by atoms with van der Waals surface area (Å²) >= 11 is 0. The topological polar surface area (TPSA) is 59.8 Å². The number of rotatable bonds is 4. The Morgan fingerprint density at radius 1 is 1.04 bits per heavy atom. The zero-order valence-corrected chi connectivity index (χ0v) is 15.4. The maximum absolute atomic E-state index is 13.2. The van der Waals surface area contributed by atoms with E-state index in [0.717, 1.165) is 47.0 Å². The van der Waals surface area contributed by atoms with Gasteiger partial charge in [-0.2, -0.15) is 5.10 Å². The van der Waals surface area contributed by atoms with Gasteiger partial charge in [0.1, 0.15) is 0 Å². The molecule has 0 unspecified atom stereocenters. The molecule has 5 heteroatoms. The van der Waals surface area contributed by atoms with Crippen molar-refractivity contribution in [3.8, 4) is 0 Å². The predicted octanol–water partition coefficient (Wildman–Crippen LogP) is 4.22. The molecule has 1 aliphatic carbocycles. The highest BCUT2D eigenvalue weighted by molar-refractivity contribution is 6.13. The molecule has 0 spiro atoms. The number of carbonyl (C=O) groups excluding carboxylic acids is 1. The number of carbonyl (C=O) groups is 1. The van der Waals surface area contributed by atoms with Crippen LogP contribution in [-0.2, 0) is 19.4 Å². The lowest BCUT2D eigenvalue weighted by Crippen LogP contribution is -2.15. The maximum atomic E-state index is 13.2. The molecule has 2 heterocycles. The number of nitrogens with one attached hydrogen (secondary N) is 1. The average molecular weight is 368 g/mol. The maximum Gasteiger partial charge on any atom is 0.256 e. The molecular formula is C23H20N4O. The van der Waals surface area contributed by atoms with Crippen molar-refractivity contribution in [3.05, 3.63) is 89.4 Å². The smallest absolute Gasteiger partial charge is 0.256 e. The van der Waals surface area contributed by atoms with E-state index in [1.807, 2.05) is 53.3 Å². The summed E-state index contributed by atoms with van der Waals surface area (Å²) in [5.41, 5.74) is 5.66. The summed E-state index contributed by atoms with van der Waals surface area (Å²) in [5, 5.41) is 8.33.